The molecule has 0 unspecified atom stereocenters. The van der Waals surface area contributed by atoms with Crippen molar-refractivity contribution in [3.63, 3.8) is 0 Å². The highest BCUT2D eigenvalue weighted by Gasteiger charge is 2.20. The average Bonchev–Trinajstić information content (AvgIpc) is 3.19. The van der Waals surface area contributed by atoms with Crippen molar-refractivity contribution in [1.82, 2.24) is 15.1 Å². The molecule has 3 rings (SSSR count). The number of hydrogen-bond donors (Lipinski definition) is 1. The predicted molar refractivity (Wildman–Crippen MR) is 100.0 cm³/mol. The van der Waals surface area contributed by atoms with Gasteiger partial charge in [-0.15, -0.1) is 0 Å². The van der Waals surface area contributed by atoms with Gasteiger partial charge in [-0.05, 0) is 36.8 Å². The fraction of sp³-hybridized carbons (Fsp3) is 0.450. The maximum Gasteiger partial charge on any atom is 0.234 e. The quantitative estimate of drug-likeness (QED) is 0.824. The number of nitrogens with zero attached hydrogens (tertiary/aromatic N) is 2. The number of furan rings is 1. The number of hydrogen-bond acceptors (Lipinski definition) is 5. The van der Waals surface area contributed by atoms with Gasteiger partial charge in [0.1, 0.15) is 11.5 Å². The summed E-state index contributed by atoms with van der Waals surface area (Å²) in [5.41, 5.74) is 1.28. The third kappa shape index (κ3) is 5.09. The number of ether oxygens (including phenoxy) is 1. The number of nitrogens with one attached hydrogen (secondary N) is 1. The third-order valence-electron chi connectivity index (χ3n) is 4.74. The molecule has 0 aliphatic carbocycles. The highest BCUT2D eigenvalue weighted by atomic mass is 16.5. The zero-order chi connectivity index (χ0) is 18.4. The Morgan fingerprint density at radius 2 is 1.85 bits per heavy atom. The lowest BCUT2D eigenvalue weighted by Gasteiger charge is -2.34. The minimum absolute atomic E-state index is 0.0394. The molecule has 6 nitrogen and oxygen atoms in total. The van der Waals surface area contributed by atoms with E-state index in [2.05, 4.69) is 27.2 Å². The van der Waals surface area contributed by atoms with Gasteiger partial charge in [0.15, 0.2) is 0 Å². The molecule has 1 amide bonds. The zero-order valence-corrected chi connectivity index (χ0v) is 15.5. The Labute approximate surface area is 154 Å². The molecule has 6 heteroatoms. The van der Waals surface area contributed by atoms with Gasteiger partial charge in [-0.2, -0.15) is 0 Å². The van der Waals surface area contributed by atoms with E-state index < -0.39 is 0 Å². The van der Waals surface area contributed by atoms with Gasteiger partial charge in [0.25, 0.3) is 0 Å². The summed E-state index contributed by atoms with van der Waals surface area (Å²) in [6.45, 7) is 7.03. The van der Waals surface area contributed by atoms with Gasteiger partial charge in [-0.25, -0.2) is 0 Å². The van der Waals surface area contributed by atoms with E-state index in [1.807, 2.05) is 31.2 Å². The summed E-state index contributed by atoms with van der Waals surface area (Å²) < 4.78 is 10.5. The van der Waals surface area contributed by atoms with E-state index in [1.165, 1.54) is 5.56 Å². The summed E-state index contributed by atoms with van der Waals surface area (Å²) in [6.07, 6.45) is 1.63. The van der Waals surface area contributed by atoms with Crippen LogP contribution in [0, 0.1) is 0 Å². The normalized spacial score (nSPS) is 17.0. The minimum atomic E-state index is -0.103. The highest BCUT2D eigenvalue weighted by molar-refractivity contribution is 5.78. The van der Waals surface area contributed by atoms with Crippen molar-refractivity contribution in [2.75, 3.05) is 39.8 Å². The molecule has 1 aromatic heterocycles. The van der Waals surface area contributed by atoms with Crippen LogP contribution in [0.15, 0.2) is 47.1 Å². The molecule has 0 saturated carbocycles. The molecule has 2 heterocycles. The largest absolute Gasteiger partial charge is 0.497 e. The lowest BCUT2D eigenvalue weighted by Crippen LogP contribution is -2.49. The zero-order valence-electron chi connectivity index (χ0n) is 15.5. The second-order valence-electron chi connectivity index (χ2n) is 6.70. The van der Waals surface area contributed by atoms with E-state index in [0.717, 1.165) is 44.2 Å². The molecule has 140 valence electrons. The van der Waals surface area contributed by atoms with Gasteiger partial charge in [0.2, 0.25) is 5.91 Å². The SMILES string of the molecule is COc1ccc(CN2CCN(CC(=O)N[C@@H](C)c3ccco3)CC2)cc1. The van der Waals surface area contributed by atoms with Crippen LogP contribution in [-0.2, 0) is 11.3 Å². The van der Waals surface area contributed by atoms with Crippen molar-refractivity contribution in [3.05, 3.63) is 54.0 Å². The van der Waals surface area contributed by atoms with Crippen molar-refractivity contribution >= 4 is 5.91 Å². The number of rotatable bonds is 7. The van der Waals surface area contributed by atoms with E-state index in [4.69, 9.17) is 9.15 Å². The first-order valence-corrected chi connectivity index (χ1v) is 9.04. The molecule has 1 saturated heterocycles. The van der Waals surface area contributed by atoms with Gasteiger partial charge in [-0.3, -0.25) is 14.6 Å². The first-order chi connectivity index (χ1) is 12.6. The van der Waals surface area contributed by atoms with Crippen molar-refractivity contribution in [2.24, 2.45) is 0 Å². The Kier molecular flexibility index (Phi) is 6.30. The van der Waals surface area contributed by atoms with Crippen LogP contribution in [0.25, 0.3) is 0 Å². The maximum absolute atomic E-state index is 12.2. The number of benzene rings is 1. The Balaban J connectivity index is 1.39. The summed E-state index contributed by atoms with van der Waals surface area (Å²) in [5, 5.41) is 2.99. The Morgan fingerprint density at radius 3 is 2.46 bits per heavy atom. The van der Waals surface area contributed by atoms with Gasteiger partial charge in [-0.1, -0.05) is 12.1 Å². The molecule has 0 spiro atoms. The van der Waals surface area contributed by atoms with Gasteiger partial charge < -0.3 is 14.5 Å². The van der Waals surface area contributed by atoms with Crippen LogP contribution < -0.4 is 10.1 Å². The van der Waals surface area contributed by atoms with Crippen LogP contribution in [0.2, 0.25) is 0 Å². The molecule has 1 fully saturated rings. The van der Waals surface area contributed by atoms with Crippen LogP contribution in [0.1, 0.15) is 24.3 Å². The predicted octanol–water partition coefficient (Wildman–Crippen LogP) is 2.28. The molecular formula is C20H27N3O3. The van der Waals surface area contributed by atoms with Crippen LogP contribution in [-0.4, -0.2) is 55.5 Å². The summed E-state index contributed by atoms with van der Waals surface area (Å²) in [5.74, 6) is 1.70. The number of methoxy groups -OCH3 is 1. The first-order valence-electron chi connectivity index (χ1n) is 9.04. The lowest BCUT2D eigenvalue weighted by molar-refractivity contribution is -0.123. The Bertz CT molecular complexity index is 677. The molecule has 1 atom stereocenters. The van der Waals surface area contributed by atoms with E-state index in [1.54, 1.807) is 13.4 Å². The van der Waals surface area contributed by atoms with Crippen molar-refractivity contribution in [2.45, 2.75) is 19.5 Å². The molecule has 26 heavy (non-hydrogen) atoms. The van der Waals surface area contributed by atoms with Crippen molar-refractivity contribution in [3.8, 4) is 5.75 Å². The molecule has 0 bridgehead atoms. The molecule has 1 N–H and O–H groups in total. The first kappa shape index (κ1) is 18.5. The van der Waals surface area contributed by atoms with Crippen LogP contribution in [0.3, 0.4) is 0 Å². The van der Waals surface area contributed by atoms with Gasteiger partial charge in [0, 0.05) is 32.7 Å². The van der Waals surface area contributed by atoms with Crippen LogP contribution >= 0.6 is 0 Å². The summed E-state index contributed by atoms with van der Waals surface area (Å²) in [4.78, 5) is 16.9. The van der Waals surface area contributed by atoms with Crippen molar-refractivity contribution in [1.29, 1.82) is 0 Å². The number of piperazine rings is 1. The van der Waals surface area contributed by atoms with Gasteiger partial charge >= 0.3 is 0 Å². The van der Waals surface area contributed by atoms with E-state index in [0.29, 0.717) is 6.54 Å². The second-order valence-corrected chi connectivity index (χ2v) is 6.70. The topological polar surface area (TPSA) is 58.0 Å². The molecule has 1 aromatic carbocycles. The lowest BCUT2D eigenvalue weighted by atomic mass is 10.2. The molecule has 1 aliphatic heterocycles. The number of carbonyl (C=O) groups is 1. The minimum Gasteiger partial charge on any atom is -0.497 e. The monoisotopic (exact) mass is 357 g/mol. The highest BCUT2D eigenvalue weighted by Crippen LogP contribution is 2.15. The average molecular weight is 357 g/mol. The Hall–Kier alpha value is -2.31. The van der Waals surface area contributed by atoms with E-state index in [-0.39, 0.29) is 11.9 Å². The molecule has 1 aliphatic rings. The van der Waals surface area contributed by atoms with E-state index in [9.17, 15) is 4.79 Å². The fourth-order valence-corrected chi connectivity index (χ4v) is 3.19. The second kappa shape index (κ2) is 8.87. The summed E-state index contributed by atoms with van der Waals surface area (Å²) in [7, 11) is 1.68. The maximum atomic E-state index is 12.2. The van der Waals surface area contributed by atoms with Crippen molar-refractivity contribution < 1.29 is 13.9 Å². The van der Waals surface area contributed by atoms with E-state index >= 15 is 0 Å². The van der Waals surface area contributed by atoms with Crippen LogP contribution in [0.5, 0.6) is 5.75 Å². The number of amides is 1. The molecular weight excluding hydrogens is 330 g/mol. The fourth-order valence-electron chi connectivity index (χ4n) is 3.19. The standard InChI is InChI=1S/C20H27N3O3/c1-16(19-4-3-13-26-19)21-20(24)15-23-11-9-22(10-12-23)14-17-5-7-18(25-2)8-6-17/h3-8,13,16H,9-12,14-15H2,1-2H3,(H,21,24)/t16-/m0/s1. The number of carbonyl (C=O) groups excluding carboxylic acids is 1. The Morgan fingerprint density at radius 1 is 1.15 bits per heavy atom. The molecule has 0 radical (unpaired) electrons. The summed E-state index contributed by atoms with van der Waals surface area (Å²) in [6, 6.07) is 11.8. The third-order valence-corrected chi connectivity index (χ3v) is 4.74. The summed E-state index contributed by atoms with van der Waals surface area (Å²) >= 11 is 0. The molecule has 2 aromatic rings. The smallest absolute Gasteiger partial charge is 0.234 e. The van der Waals surface area contributed by atoms with Crippen LogP contribution in [0.4, 0.5) is 0 Å². The van der Waals surface area contributed by atoms with Gasteiger partial charge in [0.05, 0.1) is 26.0 Å².